The second-order valence-corrected chi connectivity index (χ2v) is 5.75. The predicted molar refractivity (Wildman–Crippen MR) is 88.0 cm³/mol. The molecule has 1 N–H and O–H groups in total. The molecule has 1 aromatic heterocycles. The maximum atomic E-state index is 12.3. The predicted octanol–water partition coefficient (Wildman–Crippen LogP) is 1.23. The first kappa shape index (κ1) is 17.1. The lowest BCUT2D eigenvalue weighted by Gasteiger charge is -2.07. The molecular weight excluding hydrogens is 366 g/mol. The zero-order chi connectivity index (χ0) is 16.8. The van der Waals surface area contributed by atoms with E-state index in [1.165, 1.54) is 18.0 Å². The Labute approximate surface area is 140 Å². The summed E-state index contributed by atoms with van der Waals surface area (Å²) in [5.74, 6) is -0.624. The summed E-state index contributed by atoms with van der Waals surface area (Å²) in [6, 6.07) is 5.27. The van der Waals surface area contributed by atoms with E-state index in [0.717, 1.165) is 4.47 Å². The van der Waals surface area contributed by atoms with Gasteiger partial charge in [-0.2, -0.15) is 0 Å². The van der Waals surface area contributed by atoms with Crippen molar-refractivity contribution in [3.8, 4) is 0 Å². The minimum absolute atomic E-state index is 0.119. The van der Waals surface area contributed by atoms with Crippen LogP contribution in [0, 0.1) is 0 Å². The zero-order valence-electron chi connectivity index (χ0n) is 12.5. The van der Waals surface area contributed by atoms with Crippen LogP contribution in [-0.4, -0.2) is 35.1 Å². The van der Waals surface area contributed by atoms with Gasteiger partial charge in [0, 0.05) is 24.0 Å². The topological polar surface area (TPSA) is 90.3 Å². The third-order valence-corrected chi connectivity index (χ3v) is 3.74. The highest BCUT2D eigenvalue weighted by atomic mass is 79.9. The van der Waals surface area contributed by atoms with Crippen molar-refractivity contribution < 1.29 is 14.3 Å². The maximum absolute atomic E-state index is 12.3. The van der Waals surface area contributed by atoms with E-state index < -0.39 is 0 Å². The van der Waals surface area contributed by atoms with Crippen molar-refractivity contribution in [1.82, 2.24) is 14.9 Å². The van der Waals surface area contributed by atoms with Gasteiger partial charge in [-0.25, -0.2) is 4.98 Å². The van der Waals surface area contributed by atoms with Crippen LogP contribution in [0.1, 0.15) is 12.8 Å². The fraction of sp³-hybridized carbons (Fsp3) is 0.333. The molecule has 7 nitrogen and oxygen atoms in total. The van der Waals surface area contributed by atoms with Gasteiger partial charge in [-0.15, -0.1) is 0 Å². The molecular formula is C15H16BrN3O4. The quantitative estimate of drug-likeness (QED) is 0.759. The zero-order valence-corrected chi connectivity index (χ0v) is 14.1. The molecule has 1 aromatic carbocycles. The van der Waals surface area contributed by atoms with E-state index in [4.69, 9.17) is 0 Å². The molecule has 0 bridgehead atoms. The smallest absolute Gasteiger partial charge is 0.307 e. The van der Waals surface area contributed by atoms with Gasteiger partial charge in [0.15, 0.2) is 0 Å². The fourth-order valence-corrected chi connectivity index (χ4v) is 2.37. The number of halogens is 1. The summed E-state index contributed by atoms with van der Waals surface area (Å²) in [5.41, 5.74) is 0.413. The maximum Gasteiger partial charge on any atom is 0.307 e. The van der Waals surface area contributed by atoms with E-state index in [1.807, 2.05) is 6.07 Å². The summed E-state index contributed by atoms with van der Waals surface area (Å²) < 4.78 is 6.67. The van der Waals surface area contributed by atoms with Crippen molar-refractivity contribution in [2.24, 2.45) is 0 Å². The molecule has 0 aliphatic carbocycles. The molecule has 2 aromatic rings. The van der Waals surface area contributed by atoms with Crippen LogP contribution in [0.2, 0.25) is 0 Å². The number of fused-ring (bicyclic) bond motifs is 1. The SMILES string of the molecule is COC(=O)CCNC(=O)CCn1cnc2ccc(Br)cc2c1=O. The van der Waals surface area contributed by atoms with E-state index in [-0.39, 0.29) is 43.4 Å². The van der Waals surface area contributed by atoms with Crippen LogP contribution in [0.3, 0.4) is 0 Å². The van der Waals surface area contributed by atoms with Crippen molar-refractivity contribution in [2.45, 2.75) is 19.4 Å². The Kier molecular flexibility index (Phi) is 5.86. The number of esters is 1. The highest BCUT2D eigenvalue weighted by Gasteiger charge is 2.08. The third kappa shape index (κ3) is 4.62. The number of benzene rings is 1. The summed E-state index contributed by atoms with van der Waals surface area (Å²) in [6.45, 7) is 0.432. The van der Waals surface area contributed by atoms with Gasteiger partial charge in [0.2, 0.25) is 5.91 Å². The van der Waals surface area contributed by atoms with Gasteiger partial charge in [0.25, 0.3) is 5.56 Å². The lowest BCUT2D eigenvalue weighted by Crippen LogP contribution is -2.29. The van der Waals surface area contributed by atoms with E-state index in [0.29, 0.717) is 10.9 Å². The lowest BCUT2D eigenvalue weighted by molar-refractivity contribution is -0.140. The van der Waals surface area contributed by atoms with Crippen LogP contribution >= 0.6 is 15.9 Å². The first-order valence-electron chi connectivity index (χ1n) is 6.99. The fourth-order valence-electron chi connectivity index (χ4n) is 2.01. The van der Waals surface area contributed by atoms with E-state index in [2.05, 4.69) is 31.0 Å². The van der Waals surface area contributed by atoms with Gasteiger partial charge in [0.05, 0.1) is 30.8 Å². The molecule has 0 aliphatic rings. The van der Waals surface area contributed by atoms with Gasteiger partial charge in [-0.1, -0.05) is 15.9 Å². The number of hydrogen-bond donors (Lipinski definition) is 1. The molecule has 8 heteroatoms. The summed E-state index contributed by atoms with van der Waals surface area (Å²) in [4.78, 5) is 39.2. The number of nitrogens with one attached hydrogen (secondary N) is 1. The number of aryl methyl sites for hydroxylation is 1. The minimum Gasteiger partial charge on any atom is -0.469 e. The van der Waals surface area contributed by atoms with E-state index >= 15 is 0 Å². The Hall–Kier alpha value is -2.22. The molecule has 1 heterocycles. The molecule has 23 heavy (non-hydrogen) atoms. The molecule has 0 unspecified atom stereocenters. The number of ether oxygens (including phenoxy) is 1. The van der Waals surface area contributed by atoms with Gasteiger partial charge in [-0.3, -0.25) is 19.0 Å². The summed E-state index contributed by atoms with van der Waals surface area (Å²) in [6.07, 6.45) is 1.68. The number of carbonyl (C=O) groups is 2. The average molecular weight is 382 g/mol. The van der Waals surface area contributed by atoms with Gasteiger partial charge >= 0.3 is 5.97 Å². The number of rotatable bonds is 6. The number of aromatic nitrogens is 2. The van der Waals surface area contributed by atoms with E-state index in [1.54, 1.807) is 12.1 Å². The standard InChI is InChI=1S/C15H16BrN3O4/c1-23-14(21)4-6-17-13(20)5-7-19-9-18-12-3-2-10(16)8-11(12)15(19)22/h2-3,8-9H,4-7H2,1H3,(H,17,20). The summed E-state index contributed by atoms with van der Waals surface area (Å²) >= 11 is 3.32. The minimum atomic E-state index is -0.383. The van der Waals surface area contributed by atoms with Crippen LogP contribution in [0.5, 0.6) is 0 Å². The van der Waals surface area contributed by atoms with Crippen molar-refractivity contribution in [3.05, 3.63) is 39.4 Å². The molecule has 0 saturated carbocycles. The first-order valence-corrected chi connectivity index (χ1v) is 7.79. The molecule has 0 radical (unpaired) electrons. The van der Waals surface area contributed by atoms with Crippen LogP contribution < -0.4 is 10.9 Å². The summed E-state index contributed by atoms with van der Waals surface area (Å²) in [7, 11) is 1.29. The molecule has 0 spiro atoms. The molecule has 122 valence electrons. The van der Waals surface area contributed by atoms with Crippen molar-refractivity contribution >= 4 is 38.7 Å². The number of amides is 1. The van der Waals surface area contributed by atoms with Gasteiger partial charge in [0.1, 0.15) is 0 Å². The Morgan fingerprint density at radius 1 is 1.35 bits per heavy atom. The lowest BCUT2D eigenvalue weighted by atomic mass is 10.2. The monoisotopic (exact) mass is 381 g/mol. The second-order valence-electron chi connectivity index (χ2n) is 4.83. The van der Waals surface area contributed by atoms with Gasteiger partial charge < -0.3 is 10.1 Å². The van der Waals surface area contributed by atoms with Crippen molar-refractivity contribution in [2.75, 3.05) is 13.7 Å². The van der Waals surface area contributed by atoms with Crippen LogP contribution in [0.4, 0.5) is 0 Å². The average Bonchev–Trinajstić information content (AvgIpc) is 2.54. The number of carbonyl (C=O) groups excluding carboxylic acids is 2. The van der Waals surface area contributed by atoms with Crippen LogP contribution in [0.25, 0.3) is 10.9 Å². The van der Waals surface area contributed by atoms with E-state index in [9.17, 15) is 14.4 Å². The van der Waals surface area contributed by atoms with Crippen LogP contribution in [0.15, 0.2) is 33.8 Å². The highest BCUT2D eigenvalue weighted by Crippen LogP contribution is 2.14. The summed E-state index contributed by atoms with van der Waals surface area (Å²) in [5, 5.41) is 3.09. The normalized spacial score (nSPS) is 10.5. The molecule has 1 amide bonds. The second kappa shape index (κ2) is 7.87. The largest absolute Gasteiger partial charge is 0.469 e. The third-order valence-electron chi connectivity index (χ3n) is 3.24. The van der Waals surface area contributed by atoms with Gasteiger partial charge in [-0.05, 0) is 18.2 Å². The van der Waals surface area contributed by atoms with Crippen molar-refractivity contribution in [1.29, 1.82) is 0 Å². The Bertz CT molecular complexity index is 788. The Balaban J connectivity index is 1.97. The Morgan fingerprint density at radius 3 is 2.87 bits per heavy atom. The number of methoxy groups -OCH3 is 1. The molecule has 2 rings (SSSR count). The first-order chi connectivity index (χ1) is 11.0. The number of hydrogen-bond acceptors (Lipinski definition) is 5. The highest BCUT2D eigenvalue weighted by molar-refractivity contribution is 9.10. The van der Waals surface area contributed by atoms with Crippen molar-refractivity contribution in [3.63, 3.8) is 0 Å². The Morgan fingerprint density at radius 2 is 2.13 bits per heavy atom. The van der Waals surface area contributed by atoms with Crippen LogP contribution in [-0.2, 0) is 20.9 Å². The molecule has 0 fully saturated rings. The molecule has 0 saturated heterocycles. The molecule has 0 aliphatic heterocycles. The number of nitrogens with zero attached hydrogens (tertiary/aromatic N) is 2. The molecule has 0 atom stereocenters.